The topological polar surface area (TPSA) is 29.3 Å². The van der Waals surface area contributed by atoms with Crippen molar-refractivity contribution in [2.24, 2.45) is 23.0 Å². The van der Waals surface area contributed by atoms with Crippen LogP contribution in [0.25, 0.3) is 0 Å². The first kappa shape index (κ1) is 9.17. The first-order valence-electron chi connectivity index (χ1n) is 6.14. The van der Waals surface area contributed by atoms with Crippen molar-refractivity contribution in [1.29, 1.82) is 0 Å². The highest BCUT2D eigenvalue weighted by Gasteiger charge is 2.45. The van der Waals surface area contributed by atoms with Crippen molar-refractivity contribution < 1.29 is 0 Å². The maximum absolute atomic E-state index is 6.13. The van der Waals surface area contributed by atoms with Gasteiger partial charge in [0, 0.05) is 25.7 Å². The zero-order valence-electron chi connectivity index (χ0n) is 9.21. The fraction of sp³-hybridized carbons (Fsp3) is 1.00. The monoisotopic (exact) mass is 194 g/mol. The molecule has 0 spiro atoms. The van der Waals surface area contributed by atoms with E-state index < -0.39 is 0 Å². The number of fused-ring (bicyclic) bond motifs is 1. The fourth-order valence-electron chi connectivity index (χ4n) is 3.44. The largest absolute Gasteiger partial charge is 0.327 e. The molecule has 0 aromatic rings. The van der Waals surface area contributed by atoms with Crippen molar-refractivity contribution in [2.45, 2.75) is 38.6 Å². The molecule has 3 aliphatic rings. The minimum absolute atomic E-state index is 0.511. The molecule has 0 amide bonds. The molecule has 0 bridgehead atoms. The number of likely N-dealkylation sites (tertiary alicyclic amines) is 1. The third kappa shape index (κ3) is 1.49. The van der Waals surface area contributed by atoms with E-state index in [1.807, 2.05) is 0 Å². The number of rotatable bonds is 2. The minimum Gasteiger partial charge on any atom is -0.327 e. The summed E-state index contributed by atoms with van der Waals surface area (Å²) in [6, 6.07) is 0.511. The quantitative estimate of drug-likeness (QED) is 0.721. The minimum atomic E-state index is 0.511. The lowest BCUT2D eigenvalue weighted by atomic mass is 9.98. The summed E-state index contributed by atoms with van der Waals surface area (Å²) in [5.74, 6) is 1.77. The van der Waals surface area contributed by atoms with Gasteiger partial charge in [0.1, 0.15) is 0 Å². The molecular formula is C12H22N2. The van der Waals surface area contributed by atoms with Crippen LogP contribution in [0.1, 0.15) is 32.6 Å². The van der Waals surface area contributed by atoms with E-state index in [2.05, 4.69) is 11.8 Å². The predicted octanol–water partition coefficient (Wildman–Crippen LogP) is 1.46. The summed E-state index contributed by atoms with van der Waals surface area (Å²) in [5, 5.41) is 0. The van der Waals surface area contributed by atoms with E-state index in [0.29, 0.717) is 11.5 Å². The summed E-state index contributed by atoms with van der Waals surface area (Å²) in [6.45, 7) is 6.41. The smallest absolute Gasteiger partial charge is 0.00826 e. The Labute approximate surface area is 86.8 Å². The van der Waals surface area contributed by atoms with Gasteiger partial charge in [-0.2, -0.15) is 0 Å². The van der Waals surface area contributed by atoms with Crippen molar-refractivity contribution >= 4 is 0 Å². The van der Waals surface area contributed by atoms with Crippen molar-refractivity contribution in [1.82, 2.24) is 4.90 Å². The molecule has 2 N–H and O–H groups in total. The number of nitrogens with two attached hydrogens (primary N) is 1. The van der Waals surface area contributed by atoms with Gasteiger partial charge in [-0.05, 0) is 42.9 Å². The molecule has 1 unspecified atom stereocenters. The Morgan fingerprint density at radius 3 is 2.71 bits per heavy atom. The van der Waals surface area contributed by atoms with E-state index in [1.54, 1.807) is 0 Å². The average molecular weight is 194 g/mol. The van der Waals surface area contributed by atoms with Crippen LogP contribution in [0.2, 0.25) is 0 Å². The Kier molecular flexibility index (Phi) is 1.94. The summed E-state index contributed by atoms with van der Waals surface area (Å²) in [4.78, 5) is 2.68. The van der Waals surface area contributed by atoms with E-state index in [0.717, 1.165) is 11.8 Å². The first-order chi connectivity index (χ1) is 6.66. The maximum atomic E-state index is 6.13. The van der Waals surface area contributed by atoms with Crippen molar-refractivity contribution in [2.75, 3.05) is 19.6 Å². The maximum Gasteiger partial charge on any atom is 0.00826 e. The van der Waals surface area contributed by atoms with Gasteiger partial charge in [-0.3, -0.25) is 0 Å². The molecule has 3 fully saturated rings. The second-order valence-electron chi connectivity index (χ2n) is 6.17. The molecule has 2 aliphatic carbocycles. The Morgan fingerprint density at radius 2 is 2.07 bits per heavy atom. The molecule has 2 heteroatoms. The average Bonchev–Trinajstić information content (AvgIpc) is 2.58. The van der Waals surface area contributed by atoms with Crippen LogP contribution < -0.4 is 5.73 Å². The highest BCUT2D eigenvalue weighted by atomic mass is 15.2. The molecular weight excluding hydrogens is 172 g/mol. The fourth-order valence-corrected chi connectivity index (χ4v) is 3.44. The molecule has 0 radical (unpaired) electrons. The van der Waals surface area contributed by atoms with E-state index in [-0.39, 0.29) is 0 Å². The molecule has 3 atom stereocenters. The van der Waals surface area contributed by atoms with Crippen LogP contribution in [-0.4, -0.2) is 30.6 Å². The Balaban J connectivity index is 1.59. The normalized spacial score (nSPS) is 45.4. The number of nitrogens with zero attached hydrogens (tertiary/aromatic N) is 1. The lowest BCUT2D eigenvalue weighted by Crippen LogP contribution is -2.32. The van der Waals surface area contributed by atoms with Crippen molar-refractivity contribution in [3.05, 3.63) is 0 Å². The highest BCUT2D eigenvalue weighted by Crippen LogP contribution is 2.47. The van der Waals surface area contributed by atoms with Crippen LogP contribution in [0.4, 0.5) is 0 Å². The SMILES string of the molecule is CC1(CN2C[C@@H]3CCC(N)[C@@H]3C2)CC1. The third-order valence-electron chi connectivity index (χ3n) is 4.70. The molecule has 14 heavy (non-hydrogen) atoms. The summed E-state index contributed by atoms with van der Waals surface area (Å²) in [5.41, 5.74) is 6.82. The Hall–Kier alpha value is -0.0800. The molecule has 2 saturated carbocycles. The molecule has 3 rings (SSSR count). The molecule has 80 valence electrons. The van der Waals surface area contributed by atoms with Crippen LogP contribution in [0.15, 0.2) is 0 Å². The zero-order valence-corrected chi connectivity index (χ0v) is 9.21. The summed E-state index contributed by atoms with van der Waals surface area (Å²) >= 11 is 0. The second kappa shape index (κ2) is 2.96. The molecule has 0 aromatic carbocycles. The van der Waals surface area contributed by atoms with Gasteiger partial charge in [-0.1, -0.05) is 6.92 Å². The summed E-state index contributed by atoms with van der Waals surface area (Å²) in [7, 11) is 0. The van der Waals surface area contributed by atoms with Gasteiger partial charge < -0.3 is 10.6 Å². The Morgan fingerprint density at radius 1 is 1.29 bits per heavy atom. The van der Waals surface area contributed by atoms with Gasteiger partial charge in [-0.15, -0.1) is 0 Å². The summed E-state index contributed by atoms with van der Waals surface area (Å²) < 4.78 is 0. The standard InChI is InChI=1S/C12H22N2/c1-12(4-5-12)8-14-6-9-2-3-11(13)10(9)7-14/h9-11H,2-8,13H2,1H3/t9-,10+,11?/m0/s1. The van der Waals surface area contributed by atoms with Gasteiger partial charge in [0.05, 0.1) is 0 Å². The van der Waals surface area contributed by atoms with Crippen molar-refractivity contribution in [3.8, 4) is 0 Å². The van der Waals surface area contributed by atoms with E-state index in [9.17, 15) is 0 Å². The van der Waals surface area contributed by atoms with Crippen LogP contribution in [0.3, 0.4) is 0 Å². The molecule has 1 aliphatic heterocycles. The van der Waals surface area contributed by atoms with Crippen LogP contribution in [0.5, 0.6) is 0 Å². The van der Waals surface area contributed by atoms with Gasteiger partial charge in [-0.25, -0.2) is 0 Å². The number of hydrogen-bond acceptors (Lipinski definition) is 2. The van der Waals surface area contributed by atoms with Crippen LogP contribution in [0, 0.1) is 17.3 Å². The molecule has 1 saturated heterocycles. The number of hydrogen-bond donors (Lipinski definition) is 1. The molecule has 1 heterocycles. The van der Waals surface area contributed by atoms with Crippen LogP contribution >= 0.6 is 0 Å². The summed E-state index contributed by atoms with van der Waals surface area (Å²) in [6.07, 6.45) is 5.56. The first-order valence-corrected chi connectivity index (χ1v) is 6.14. The second-order valence-corrected chi connectivity index (χ2v) is 6.17. The zero-order chi connectivity index (χ0) is 9.76. The third-order valence-corrected chi connectivity index (χ3v) is 4.70. The van der Waals surface area contributed by atoms with Crippen molar-refractivity contribution in [3.63, 3.8) is 0 Å². The molecule has 0 aromatic heterocycles. The lowest BCUT2D eigenvalue weighted by molar-refractivity contribution is 0.254. The van der Waals surface area contributed by atoms with Crippen LogP contribution in [-0.2, 0) is 0 Å². The van der Waals surface area contributed by atoms with Gasteiger partial charge in [0.2, 0.25) is 0 Å². The van der Waals surface area contributed by atoms with Gasteiger partial charge in [0.15, 0.2) is 0 Å². The van der Waals surface area contributed by atoms with Gasteiger partial charge >= 0.3 is 0 Å². The van der Waals surface area contributed by atoms with Gasteiger partial charge in [0.25, 0.3) is 0 Å². The van der Waals surface area contributed by atoms with E-state index in [1.165, 1.54) is 45.3 Å². The van der Waals surface area contributed by atoms with E-state index >= 15 is 0 Å². The highest BCUT2D eigenvalue weighted by molar-refractivity contribution is 4.99. The molecule has 2 nitrogen and oxygen atoms in total. The van der Waals surface area contributed by atoms with E-state index in [4.69, 9.17) is 5.73 Å². The predicted molar refractivity (Wildman–Crippen MR) is 58.0 cm³/mol. The Bertz CT molecular complexity index is 234. The lowest BCUT2D eigenvalue weighted by Gasteiger charge is -2.21.